The number of nitrogens with one attached hydrogen (secondary N) is 1. The van der Waals surface area contributed by atoms with E-state index in [1.54, 1.807) is 0 Å². The number of aliphatic imine (C=N–C) groups is 1. The minimum atomic E-state index is 0. The summed E-state index contributed by atoms with van der Waals surface area (Å²) in [5.74, 6) is 0.984. The maximum absolute atomic E-state index is 4.21. The van der Waals surface area contributed by atoms with Crippen molar-refractivity contribution in [3.63, 3.8) is 0 Å². The van der Waals surface area contributed by atoms with E-state index in [1.807, 2.05) is 7.05 Å². The SMILES string of the molecule is C=C(Br)CNC(=NC)N1CCCC1.I. The average Bonchev–Trinajstić information content (AvgIpc) is 2.58. The van der Waals surface area contributed by atoms with Crippen molar-refractivity contribution in [2.45, 2.75) is 12.8 Å². The van der Waals surface area contributed by atoms with Gasteiger partial charge in [0.2, 0.25) is 0 Å². The molecule has 0 amide bonds. The van der Waals surface area contributed by atoms with Crippen LogP contribution in [0, 0.1) is 0 Å². The second-order valence-corrected chi connectivity index (χ2v) is 4.23. The molecule has 1 rings (SSSR count). The second-order valence-electron chi connectivity index (χ2n) is 3.11. The van der Waals surface area contributed by atoms with E-state index >= 15 is 0 Å². The number of rotatable bonds is 2. The van der Waals surface area contributed by atoms with Crippen molar-refractivity contribution < 1.29 is 0 Å². The molecule has 0 spiro atoms. The largest absolute Gasteiger partial charge is 0.352 e. The second kappa shape index (κ2) is 7.50. The fourth-order valence-electron chi connectivity index (χ4n) is 1.44. The number of nitrogens with zero attached hydrogens (tertiary/aromatic N) is 2. The zero-order valence-electron chi connectivity index (χ0n) is 8.42. The third-order valence-corrected chi connectivity index (χ3v) is 2.34. The summed E-state index contributed by atoms with van der Waals surface area (Å²) in [6.45, 7) is 6.75. The van der Waals surface area contributed by atoms with Crippen molar-refractivity contribution in [2.24, 2.45) is 4.99 Å². The Balaban J connectivity index is 0.00000169. The van der Waals surface area contributed by atoms with Crippen LogP contribution in [0.4, 0.5) is 0 Å². The lowest BCUT2D eigenvalue weighted by atomic mass is 10.4. The Morgan fingerprint density at radius 3 is 2.50 bits per heavy atom. The molecule has 0 aromatic carbocycles. The molecule has 1 heterocycles. The zero-order valence-corrected chi connectivity index (χ0v) is 12.3. The molecule has 1 aliphatic heterocycles. The Morgan fingerprint density at radius 1 is 1.50 bits per heavy atom. The third-order valence-electron chi connectivity index (χ3n) is 2.06. The Labute approximate surface area is 111 Å². The van der Waals surface area contributed by atoms with Crippen molar-refractivity contribution >= 4 is 45.9 Å². The topological polar surface area (TPSA) is 27.6 Å². The zero-order chi connectivity index (χ0) is 9.68. The number of halogens is 2. The Hall–Kier alpha value is 0.220. The van der Waals surface area contributed by atoms with Crippen LogP contribution in [0.15, 0.2) is 16.1 Å². The van der Waals surface area contributed by atoms with Crippen LogP contribution in [0.2, 0.25) is 0 Å². The Morgan fingerprint density at radius 2 is 2.07 bits per heavy atom. The molecule has 0 saturated carbocycles. The van der Waals surface area contributed by atoms with Crippen molar-refractivity contribution in [3.05, 3.63) is 11.1 Å². The summed E-state index contributed by atoms with van der Waals surface area (Å²) < 4.78 is 0.952. The molecule has 0 radical (unpaired) electrons. The van der Waals surface area contributed by atoms with E-state index in [2.05, 4.69) is 37.7 Å². The van der Waals surface area contributed by atoms with Gasteiger partial charge in [0.25, 0.3) is 0 Å². The highest BCUT2D eigenvalue weighted by Gasteiger charge is 2.14. The fourth-order valence-corrected chi connectivity index (χ4v) is 1.58. The van der Waals surface area contributed by atoms with E-state index in [9.17, 15) is 0 Å². The molecular weight excluding hydrogens is 357 g/mol. The molecule has 0 unspecified atom stereocenters. The van der Waals surface area contributed by atoms with Crippen molar-refractivity contribution in [2.75, 3.05) is 26.7 Å². The molecule has 0 aromatic heterocycles. The van der Waals surface area contributed by atoms with Gasteiger partial charge in [0, 0.05) is 31.2 Å². The molecular formula is C9H17BrIN3. The van der Waals surface area contributed by atoms with Gasteiger partial charge in [0.15, 0.2) is 5.96 Å². The van der Waals surface area contributed by atoms with Crippen molar-refractivity contribution in [3.8, 4) is 0 Å². The molecule has 1 fully saturated rings. The van der Waals surface area contributed by atoms with Crippen LogP contribution in [0.25, 0.3) is 0 Å². The first-order valence-corrected chi connectivity index (χ1v) is 5.32. The molecule has 14 heavy (non-hydrogen) atoms. The summed E-state index contributed by atoms with van der Waals surface area (Å²) in [6, 6.07) is 0. The van der Waals surface area contributed by atoms with Crippen LogP contribution in [0.5, 0.6) is 0 Å². The Bertz CT molecular complexity index is 212. The molecule has 82 valence electrons. The highest BCUT2D eigenvalue weighted by atomic mass is 127. The Kier molecular flexibility index (Phi) is 7.62. The molecule has 0 aromatic rings. The van der Waals surface area contributed by atoms with E-state index < -0.39 is 0 Å². The molecule has 5 heteroatoms. The number of guanidine groups is 1. The summed E-state index contributed by atoms with van der Waals surface area (Å²) in [5, 5.41) is 3.24. The normalized spacial score (nSPS) is 16.4. The smallest absolute Gasteiger partial charge is 0.193 e. The molecule has 0 atom stereocenters. The van der Waals surface area contributed by atoms with Crippen LogP contribution in [-0.4, -0.2) is 37.5 Å². The van der Waals surface area contributed by atoms with Crippen LogP contribution in [-0.2, 0) is 0 Å². The average molecular weight is 374 g/mol. The summed E-state index contributed by atoms with van der Waals surface area (Å²) in [6.07, 6.45) is 2.55. The molecule has 1 saturated heterocycles. The van der Waals surface area contributed by atoms with Gasteiger partial charge in [-0.1, -0.05) is 22.5 Å². The van der Waals surface area contributed by atoms with Gasteiger partial charge in [-0.25, -0.2) is 0 Å². The van der Waals surface area contributed by atoms with Gasteiger partial charge in [-0.2, -0.15) is 0 Å². The van der Waals surface area contributed by atoms with E-state index in [4.69, 9.17) is 0 Å². The minimum absolute atomic E-state index is 0. The maximum Gasteiger partial charge on any atom is 0.193 e. The van der Waals surface area contributed by atoms with E-state index in [-0.39, 0.29) is 24.0 Å². The highest BCUT2D eigenvalue weighted by Crippen LogP contribution is 2.07. The molecule has 1 aliphatic rings. The first kappa shape index (κ1) is 14.2. The van der Waals surface area contributed by atoms with Gasteiger partial charge >= 0.3 is 0 Å². The standard InChI is InChI=1S/C9H16BrN3.HI/c1-8(10)7-12-9(11-2)13-5-3-4-6-13;/h1,3-7H2,2H3,(H,11,12);1H. The summed E-state index contributed by atoms with van der Waals surface area (Å²) in [5.41, 5.74) is 0. The van der Waals surface area contributed by atoms with Gasteiger partial charge in [-0.3, -0.25) is 4.99 Å². The van der Waals surface area contributed by atoms with Crippen LogP contribution in [0.3, 0.4) is 0 Å². The van der Waals surface area contributed by atoms with Crippen LogP contribution < -0.4 is 5.32 Å². The number of likely N-dealkylation sites (tertiary alicyclic amines) is 1. The number of hydrogen-bond acceptors (Lipinski definition) is 1. The molecule has 0 aliphatic carbocycles. The quantitative estimate of drug-likeness (QED) is 0.456. The predicted molar refractivity (Wildman–Crippen MR) is 75.7 cm³/mol. The molecule has 1 N–H and O–H groups in total. The monoisotopic (exact) mass is 373 g/mol. The predicted octanol–water partition coefficient (Wildman–Crippen LogP) is 2.18. The lowest BCUT2D eigenvalue weighted by molar-refractivity contribution is 0.497. The fraction of sp³-hybridized carbons (Fsp3) is 0.667. The van der Waals surface area contributed by atoms with Gasteiger partial charge in [0.1, 0.15) is 0 Å². The van der Waals surface area contributed by atoms with Crippen molar-refractivity contribution in [1.29, 1.82) is 0 Å². The summed E-state index contributed by atoms with van der Waals surface area (Å²) >= 11 is 3.31. The minimum Gasteiger partial charge on any atom is -0.352 e. The third kappa shape index (κ3) is 4.63. The number of hydrogen-bond donors (Lipinski definition) is 1. The molecule has 3 nitrogen and oxygen atoms in total. The van der Waals surface area contributed by atoms with Gasteiger partial charge < -0.3 is 10.2 Å². The summed E-state index contributed by atoms with van der Waals surface area (Å²) in [7, 11) is 1.82. The van der Waals surface area contributed by atoms with E-state index in [0.717, 1.165) is 30.1 Å². The lowest BCUT2D eigenvalue weighted by Gasteiger charge is -2.20. The molecule has 0 bridgehead atoms. The van der Waals surface area contributed by atoms with Gasteiger partial charge in [-0.05, 0) is 12.8 Å². The lowest BCUT2D eigenvalue weighted by Crippen LogP contribution is -2.39. The van der Waals surface area contributed by atoms with Crippen LogP contribution in [0.1, 0.15) is 12.8 Å². The first-order valence-electron chi connectivity index (χ1n) is 4.53. The highest BCUT2D eigenvalue weighted by molar-refractivity contribution is 14.0. The van der Waals surface area contributed by atoms with Crippen LogP contribution >= 0.6 is 39.9 Å². The van der Waals surface area contributed by atoms with Crippen molar-refractivity contribution in [1.82, 2.24) is 10.2 Å². The van der Waals surface area contributed by atoms with E-state index in [1.165, 1.54) is 12.8 Å². The first-order chi connectivity index (χ1) is 6.24. The maximum atomic E-state index is 4.21. The van der Waals surface area contributed by atoms with Gasteiger partial charge in [0.05, 0.1) is 0 Å². The van der Waals surface area contributed by atoms with Gasteiger partial charge in [-0.15, -0.1) is 24.0 Å². The summed E-state index contributed by atoms with van der Waals surface area (Å²) in [4.78, 5) is 6.49. The van der Waals surface area contributed by atoms with E-state index in [0.29, 0.717) is 0 Å².